The lowest BCUT2D eigenvalue weighted by Gasteiger charge is -2.37. The van der Waals surface area contributed by atoms with Gasteiger partial charge in [0.1, 0.15) is 0 Å². The third-order valence-electron chi connectivity index (χ3n) is 5.97. The van der Waals surface area contributed by atoms with Crippen molar-refractivity contribution in [3.8, 4) is 0 Å². The fourth-order valence-electron chi connectivity index (χ4n) is 4.21. The molecule has 1 atom stereocenters. The highest BCUT2D eigenvalue weighted by molar-refractivity contribution is 5.82. The van der Waals surface area contributed by atoms with Crippen molar-refractivity contribution in [2.24, 2.45) is 0 Å². The zero-order chi connectivity index (χ0) is 18.7. The van der Waals surface area contributed by atoms with Gasteiger partial charge >= 0.3 is 0 Å². The number of halogens is 2. The molecule has 148 valence electrons. The van der Waals surface area contributed by atoms with Gasteiger partial charge in [-0.2, -0.15) is 0 Å². The minimum absolute atomic E-state index is 0.133. The van der Waals surface area contributed by atoms with Crippen molar-refractivity contribution >= 4 is 11.8 Å². The molecule has 1 aliphatic carbocycles. The van der Waals surface area contributed by atoms with Crippen LogP contribution in [-0.4, -0.2) is 90.8 Å². The van der Waals surface area contributed by atoms with Crippen molar-refractivity contribution in [2.75, 3.05) is 46.3 Å². The molecule has 0 bridgehead atoms. The van der Waals surface area contributed by atoms with Crippen molar-refractivity contribution in [1.82, 2.24) is 20.0 Å². The second-order valence-corrected chi connectivity index (χ2v) is 7.89. The van der Waals surface area contributed by atoms with E-state index in [0.717, 1.165) is 12.8 Å². The van der Waals surface area contributed by atoms with Gasteiger partial charge in [0.2, 0.25) is 11.8 Å². The van der Waals surface area contributed by atoms with Crippen LogP contribution in [-0.2, 0) is 9.59 Å². The van der Waals surface area contributed by atoms with Gasteiger partial charge in [0, 0.05) is 45.7 Å². The molecule has 2 amide bonds. The number of nitrogens with zero attached hydrogens (tertiary/aromatic N) is 3. The van der Waals surface area contributed by atoms with Crippen LogP contribution in [0.15, 0.2) is 0 Å². The van der Waals surface area contributed by atoms with Gasteiger partial charge < -0.3 is 9.80 Å². The summed E-state index contributed by atoms with van der Waals surface area (Å²) in [5.74, 6) is -2.90. The number of nitrogens with one attached hydrogen (secondary N) is 1. The molecule has 3 aliphatic rings. The second kappa shape index (κ2) is 8.17. The highest BCUT2D eigenvalue weighted by atomic mass is 19.3. The lowest BCUT2D eigenvalue weighted by atomic mass is 9.94. The molecule has 1 saturated carbocycles. The molecule has 6 nitrogen and oxygen atoms in total. The number of piperazine rings is 1. The maximum absolute atomic E-state index is 13.3. The standard InChI is InChI=1S/C18H30F2N4O2/c1-22(14-5-3-2-4-6-14)16(25)12-23-7-9-24(10-8-23)17(26)15-11-18(19,20)13-21-15/h14-15,21H,2-13H2,1H3. The van der Waals surface area contributed by atoms with E-state index >= 15 is 0 Å². The van der Waals surface area contributed by atoms with Crippen molar-refractivity contribution in [3.63, 3.8) is 0 Å². The van der Waals surface area contributed by atoms with Gasteiger partial charge in [0.25, 0.3) is 5.92 Å². The Labute approximate surface area is 153 Å². The molecule has 1 unspecified atom stereocenters. The van der Waals surface area contributed by atoms with E-state index in [4.69, 9.17) is 0 Å². The van der Waals surface area contributed by atoms with Crippen LogP contribution >= 0.6 is 0 Å². The van der Waals surface area contributed by atoms with Crippen molar-refractivity contribution in [1.29, 1.82) is 0 Å². The van der Waals surface area contributed by atoms with Crippen LogP contribution in [0.25, 0.3) is 0 Å². The Morgan fingerprint density at radius 3 is 2.35 bits per heavy atom. The number of likely N-dealkylation sites (N-methyl/N-ethyl adjacent to an activating group) is 1. The SMILES string of the molecule is CN(C(=O)CN1CCN(C(=O)C2CC(F)(F)CN2)CC1)C1CCCCC1. The van der Waals surface area contributed by atoms with E-state index in [-0.39, 0.29) is 11.8 Å². The summed E-state index contributed by atoms with van der Waals surface area (Å²) in [7, 11) is 1.89. The Morgan fingerprint density at radius 1 is 1.12 bits per heavy atom. The molecular weight excluding hydrogens is 342 g/mol. The summed E-state index contributed by atoms with van der Waals surface area (Å²) in [6.45, 7) is 2.14. The molecule has 3 rings (SSSR count). The van der Waals surface area contributed by atoms with Crippen LogP contribution < -0.4 is 5.32 Å². The van der Waals surface area contributed by atoms with Crippen molar-refractivity contribution in [3.05, 3.63) is 0 Å². The van der Waals surface area contributed by atoms with Crippen LogP contribution in [0.5, 0.6) is 0 Å². The van der Waals surface area contributed by atoms with E-state index in [1.165, 1.54) is 19.3 Å². The zero-order valence-corrected chi connectivity index (χ0v) is 15.6. The van der Waals surface area contributed by atoms with E-state index in [0.29, 0.717) is 38.8 Å². The first-order chi connectivity index (χ1) is 12.4. The van der Waals surface area contributed by atoms with Crippen molar-refractivity contribution in [2.45, 2.75) is 56.5 Å². The van der Waals surface area contributed by atoms with Gasteiger partial charge in [-0.15, -0.1) is 0 Å². The molecular formula is C18H30F2N4O2. The molecule has 0 aromatic carbocycles. The highest BCUT2D eigenvalue weighted by Gasteiger charge is 2.43. The molecule has 2 heterocycles. The molecule has 2 saturated heterocycles. The number of carbonyl (C=O) groups is 2. The molecule has 0 aromatic rings. The Balaban J connectivity index is 1.42. The topological polar surface area (TPSA) is 55.9 Å². The van der Waals surface area contributed by atoms with Gasteiger partial charge in [-0.05, 0) is 12.8 Å². The first kappa shape index (κ1) is 19.5. The summed E-state index contributed by atoms with van der Waals surface area (Å²) < 4.78 is 26.5. The van der Waals surface area contributed by atoms with E-state index in [1.807, 2.05) is 11.9 Å². The Bertz CT molecular complexity index is 517. The van der Waals surface area contributed by atoms with Crippen LogP contribution in [0.4, 0.5) is 8.78 Å². The maximum atomic E-state index is 13.3. The summed E-state index contributed by atoms with van der Waals surface area (Å²) in [6, 6.07) is -0.426. The number of hydrogen-bond acceptors (Lipinski definition) is 4. The number of alkyl halides is 2. The Kier molecular flexibility index (Phi) is 6.12. The second-order valence-electron chi connectivity index (χ2n) is 7.89. The quantitative estimate of drug-likeness (QED) is 0.797. The first-order valence-corrected chi connectivity index (χ1v) is 9.74. The highest BCUT2D eigenvalue weighted by Crippen LogP contribution is 2.26. The molecule has 0 aromatic heterocycles. The summed E-state index contributed by atoms with van der Waals surface area (Å²) in [4.78, 5) is 30.5. The monoisotopic (exact) mass is 372 g/mol. The van der Waals surface area contributed by atoms with Crippen LogP contribution in [0.3, 0.4) is 0 Å². The molecule has 8 heteroatoms. The van der Waals surface area contributed by atoms with Crippen LogP contribution in [0, 0.1) is 0 Å². The average molecular weight is 372 g/mol. The smallest absolute Gasteiger partial charge is 0.262 e. The molecule has 3 fully saturated rings. The maximum Gasteiger partial charge on any atom is 0.262 e. The fraction of sp³-hybridized carbons (Fsp3) is 0.889. The van der Waals surface area contributed by atoms with Crippen LogP contribution in [0.1, 0.15) is 38.5 Å². The molecule has 0 radical (unpaired) electrons. The summed E-state index contributed by atoms with van der Waals surface area (Å²) in [6.07, 6.45) is 5.40. The fourth-order valence-corrected chi connectivity index (χ4v) is 4.21. The van der Waals surface area contributed by atoms with Crippen molar-refractivity contribution < 1.29 is 18.4 Å². The van der Waals surface area contributed by atoms with E-state index in [9.17, 15) is 18.4 Å². The molecule has 26 heavy (non-hydrogen) atoms. The minimum atomic E-state index is -2.79. The number of rotatable bonds is 4. The molecule has 1 N–H and O–H groups in total. The van der Waals surface area contributed by atoms with Gasteiger partial charge in [-0.25, -0.2) is 8.78 Å². The zero-order valence-electron chi connectivity index (χ0n) is 15.6. The first-order valence-electron chi connectivity index (χ1n) is 9.74. The predicted octanol–water partition coefficient (Wildman–Crippen LogP) is 0.919. The average Bonchev–Trinajstić information content (AvgIpc) is 3.01. The van der Waals surface area contributed by atoms with Crippen LogP contribution in [0.2, 0.25) is 0 Å². The number of amides is 2. The van der Waals surface area contributed by atoms with E-state index < -0.39 is 24.9 Å². The predicted molar refractivity (Wildman–Crippen MR) is 94.0 cm³/mol. The van der Waals surface area contributed by atoms with E-state index in [1.54, 1.807) is 4.90 Å². The largest absolute Gasteiger partial charge is 0.342 e. The summed E-state index contributed by atoms with van der Waals surface area (Å²) >= 11 is 0. The number of carbonyl (C=O) groups excluding carboxylic acids is 2. The third kappa shape index (κ3) is 4.71. The molecule has 0 spiro atoms. The normalized spacial score (nSPS) is 27.5. The van der Waals surface area contributed by atoms with Gasteiger partial charge in [-0.1, -0.05) is 19.3 Å². The third-order valence-corrected chi connectivity index (χ3v) is 5.97. The van der Waals surface area contributed by atoms with Gasteiger partial charge in [0.05, 0.1) is 19.1 Å². The lowest BCUT2D eigenvalue weighted by molar-refractivity contribution is -0.137. The minimum Gasteiger partial charge on any atom is -0.342 e. The Hall–Kier alpha value is -1.28. The number of hydrogen-bond donors (Lipinski definition) is 1. The lowest BCUT2D eigenvalue weighted by Crippen LogP contribution is -2.55. The summed E-state index contributed by atoms with van der Waals surface area (Å²) in [5.41, 5.74) is 0. The molecule has 2 aliphatic heterocycles. The summed E-state index contributed by atoms with van der Waals surface area (Å²) in [5, 5.41) is 2.62. The van der Waals surface area contributed by atoms with Gasteiger partial charge in [-0.3, -0.25) is 19.8 Å². The van der Waals surface area contributed by atoms with Gasteiger partial charge in [0.15, 0.2) is 0 Å². The Morgan fingerprint density at radius 2 is 1.77 bits per heavy atom. The van der Waals surface area contributed by atoms with E-state index in [2.05, 4.69) is 10.2 Å².